The molecular formula is C23H18FN3O3. The van der Waals surface area contributed by atoms with Crippen molar-refractivity contribution >= 4 is 23.4 Å². The third-order valence-corrected chi connectivity index (χ3v) is 4.92. The molecule has 30 heavy (non-hydrogen) atoms. The molecular weight excluding hydrogens is 385 g/mol. The first-order valence-corrected chi connectivity index (χ1v) is 9.25. The van der Waals surface area contributed by atoms with Gasteiger partial charge in [0.2, 0.25) is 5.78 Å². The average Bonchev–Trinajstić information content (AvgIpc) is 3.29. The molecule has 0 spiro atoms. The van der Waals surface area contributed by atoms with Crippen LogP contribution in [0.1, 0.15) is 43.3 Å². The number of furan rings is 1. The summed E-state index contributed by atoms with van der Waals surface area (Å²) < 4.78 is 20.1. The lowest BCUT2D eigenvalue weighted by molar-refractivity contribution is 0.0952. The Balaban J connectivity index is 1.70. The Bertz CT molecular complexity index is 1280. The summed E-state index contributed by atoms with van der Waals surface area (Å²) in [6.07, 6.45) is 4.73. The van der Waals surface area contributed by atoms with Gasteiger partial charge < -0.3 is 8.82 Å². The number of nitrogens with zero attached hydrogens (tertiary/aromatic N) is 2. The van der Waals surface area contributed by atoms with Crippen molar-refractivity contribution < 1.29 is 18.4 Å². The first-order valence-electron chi connectivity index (χ1n) is 9.25. The Morgan fingerprint density at radius 3 is 2.57 bits per heavy atom. The topological polar surface area (TPSA) is 76.1 Å². The number of aryl methyl sites for hydroxylation is 1. The number of pyridine rings is 1. The van der Waals surface area contributed by atoms with Crippen molar-refractivity contribution in [1.29, 1.82) is 0 Å². The van der Waals surface area contributed by atoms with Crippen LogP contribution in [-0.4, -0.2) is 22.3 Å². The van der Waals surface area contributed by atoms with Crippen molar-refractivity contribution in [3.63, 3.8) is 0 Å². The highest BCUT2D eigenvalue weighted by molar-refractivity contribution is 6.12. The third-order valence-electron chi connectivity index (χ3n) is 4.92. The summed E-state index contributed by atoms with van der Waals surface area (Å²) in [5.41, 5.74) is 5.88. The second-order valence-electron chi connectivity index (χ2n) is 6.77. The minimum atomic E-state index is -0.403. The van der Waals surface area contributed by atoms with Gasteiger partial charge in [-0.15, -0.1) is 0 Å². The Morgan fingerprint density at radius 1 is 1.10 bits per heavy atom. The van der Waals surface area contributed by atoms with E-state index in [-0.39, 0.29) is 11.7 Å². The zero-order valence-electron chi connectivity index (χ0n) is 16.3. The predicted molar refractivity (Wildman–Crippen MR) is 110 cm³/mol. The van der Waals surface area contributed by atoms with Gasteiger partial charge in [0.15, 0.2) is 0 Å². The monoisotopic (exact) mass is 403 g/mol. The van der Waals surface area contributed by atoms with Gasteiger partial charge in [-0.2, -0.15) is 5.10 Å². The number of hydrogen-bond donors (Lipinski definition) is 1. The lowest BCUT2D eigenvalue weighted by Gasteiger charge is -2.04. The Kier molecular flexibility index (Phi) is 5.02. The van der Waals surface area contributed by atoms with Gasteiger partial charge in [0.1, 0.15) is 11.6 Å². The molecule has 4 rings (SSSR count). The number of benzene rings is 1. The molecule has 1 N–H and O–H groups in total. The SMILES string of the molecule is Cc1occc1C(=O)N/N=C\c1c(C)c(C(=O)c2ccc(F)cc2)n2ccccc12. The summed E-state index contributed by atoms with van der Waals surface area (Å²) in [6.45, 7) is 3.50. The van der Waals surface area contributed by atoms with Crippen LogP contribution in [0.3, 0.4) is 0 Å². The highest BCUT2D eigenvalue weighted by Crippen LogP contribution is 2.24. The highest BCUT2D eigenvalue weighted by atomic mass is 19.1. The van der Waals surface area contributed by atoms with E-state index >= 15 is 0 Å². The summed E-state index contributed by atoms with van der Waals surface area (Å²) in [5.74, 6) is -0.521. The van der Waals surface area contributed by atoms with Crippen LogP contribution in [-0.2, 0) is 0 Å². The third kappa shape index (κ3) is 3.41. The molecule has 7 heteroatoms. The number of hydrogen-bond acceptors (Lipinski definition) is 4. The number of fused-ring (bicyclic) bond motifs is 1. The minimum Gasteiger partial charge on any atom is -0.469 e. The summed E-state index contributed by atoms with van der Waals surface area (Å²) in [7, 11) is 0. The van der Waals surface area contributed by atoms with Crippen LogP contribution in [0, 0.1) is 19.7 Å². The standard InChI is InChI=1S/C23H18FN3O3/c1-14-19(13-25-26-23(29)18-10-12-30-15(18)2)20-5-3-4-11-27(20)21(14)22(28)16-6-8-17(24)9-7-16/h3-13H,1-2H3,(H,26,29)/b25-13-. The molecule has 0 saturated carbocycles. The Labute approximate surface area is 171 Å². The number of ketones is 1. The van der Waals surface area contributed by atoms with E-state index in [1.807, 2.05) is 25.1 Å². The van der Waals surface area contributed by atoms with Crippen LogP contribution in [0.25, 0.3) is 5.52 Å². The fourth-order valence-corrected chi connectivity index (χ4v) is 3.37. The van der Waals surface area contributed by atoms with E-state index in [2.05, 4.69) is 10.5 Å². The molecule has 0 aliphatic rings. The largest absolute Gasteiger partial charge is 0.469 e. The molecule has 150 valence electrons. The number of halogens is 1. The van der Waals surface area contributed by atoms with Gasteiger partial charge in [0.25, 0.3) is 5.91 Å². The van der Waals surface area contributed by atoms with Gasteiger partial charge in [-0.25, -0.2) is 9.82 Å². The molecule has 3 aromatic heterocycles. The van der Waals surface area contributed by atoms with E-state index in [4.69, 9.17) is 4.42 Å². The van der Waals surface area contributed by atoms with Crippen LogP contribution in [0.4, 0.5) is 4.39 Å². The summed E-state index contributed by atoms with van der Waals surface area (Å²) in [6, 6.07) is 12.5. The maximum Gasteiger partial charge on any atom is 0.274 e. The maximum atomic E-state index is 13.2. The quantitative estimate of drug-likeness (QED) is 0.307. The zero-order chi connectivity index (χ0) is 21.3. The molecule has 1 aromatic carbocycles. The lowest BCUT2D eigenvalue weighted by Crippen LogP contribution is -2.17. The summed E-state index contributed by atoms with van der Waals surface area (Å²) in [5, 5.41) is 4.07. The van der Waals surface area contributed by atoms with Crippen LogP contribution < -0.4 is 5.43 Å². The second-order valence-corrected chi connectivity index (χ2v) is 6.77. The molecule has 0 unspecified atom stereocenters. The number of carbonyl (C=O) groups is 2. The van der Waals surface area contributed by atoms with Gasteiger partial charge >= 0.3 is 0 Å². The van der Waals surface area contributed by atoms with Crippen molar-refractivity contribution in [1.82, 2.24) is 9.83 Å². The van der Waals surface area contributed by atoms with Gasteiger partial charge in [0.05, 0.1) is 29.3 Å². The highest BCUT2D eigenvalue weighted by Gasteiger charge is 2.21. The van der Waals surface area contributed by atoms with Crippen LogP contribution in [0.5, 0.6) is 0 Å². The van der Waals surface area contributed by atoms with Crippen molar-refractivity contribution in [2.24, 2.45) is 5.10 Å². The molecule has 0 radical (unpaired) electrons. The molecule has 0 saturated heterocycles. The lowest BCUT2D eigenvalue weighted by atomic mass is 10.0. The molecule has 4 aromatic rings. The fourth-order valence-electron chi connectivity index (χ4n) is 3.37. The Morgan fingerprint density at radius 2 is 1.87 bits per heavy atom. The minimum absolute atomic E-state index is 0.230. The number of nitrogens with one attached hydrogen (secondary N) is 1. The van der Waals surface area contributed by atoms with Crippen molar-refractivity contribution in [3.05, 3.63) is 101 Å². The van der Waals surface area contributed by atoms with Gasteiger partial charge in [-0.05, 0) is 61.9 Å². The van der Waals surface area contributed by atoms with Crippen LogP contribution >= 0.6 is 0 Å². The number of hydrazone groups is 1. The number of rotatable bonds is 5. The predicted octanol–water partition coefficient (Wildman–Crippen LogP) is 4.28. The van der Waals surface area contributed by atoms with Gasteiger partial charge in [-0.1, -0.05) is 6.07 Å². The molecule has 1 amide bonds. The molecule has 0 aliphatic carbocycles. The van der Waals surface area contributed by atoms with Gasteiger partial charge in [0, 0.05) is 17.3 Å². The van der Waals surface area contributed by atoms with E-state index in [1.165, 1.54) is 36.7 Å². The van der Waals surface area contributed by atoms with Crippen LogP contribution in [0.2, 0.25) is 0 Å². The maximum absolute atomic E-state index is 13.2. The smallest absolute Gasteiger partial charge is 0.274 e. The molecule has 3 heterocycles. The van der Waals surface area contributed by atoms with Crippen molar-refractivity contribution in [2.75, 3.05) is 0 Å². The number of carbonyl (C=O) groups excluding carboxylic acids is 2. The van der Waals surface area contributed by atoms with E-state index in [0.29, 0.717) is 33.7 Å². The van der Waals surface area contributed by atoms with Crippen molar-refractivity contribution in [2.45, 2.75) is 13.8 Å². The Hall–Kier alpha value is -4.00. The van der Waals surface area contributed by atoms with Crippen molar-refractivity contribution in [3.8, 4) is 0 Å². The summed E-state index contributed by atoms with van der Waals surface area (Å²) >= 11 is 0. The van der Waals surface area contributed by atoms with Crippen LogP contribution in [0.15, 0.2) is 70.5 Å². The average molecular weight is 403 g/mol. The summed E-state index contributed by atoms with van der Waals surface area (Å²) in [4.78, 5) is 25.3. The van der Waals surface area contributed by atoms with Gasteiger partial charge in [-0.3, -0.25) is 9.59 Å². The first kappa shape index (κ1) is 19.3. The molecule has 0 atom stereocenters. The molecule has 0 aliphatic heterocycles. The number of amides is 1. The van der Waals surface area contributed by atoms with E-state index in [1.54, 1.807) is 23.6 Å². The molecule has 0 bridgehead atoms. The first-order chi connectivity index (χ1) is 14.5. The van der Waals surface area contributed by atoms with E-state index < -0.39 is 5.82 Å². The normalized spacial score (nSPS) is 11.3. The molecule has 0 fully saturated rings. The van der Waals surface area contributed by atoms with E-state index in [0.717, 1.165) is 5.52 Å². The van der Waals surface area contributed by atoms with E-state index in [9.17, 15) is 14.0 Å². The second kappa shape index (κ2) is 7.79. The molecule has 6 nitrogen and oxygen atoms in total. The number of aromatic nitrogens is 1. The fraction of sp³-hybridized carbons (Fsp3) is 0.0870. The zero-order valence-corrected chi connectivity index (χ0v) is 16.3.